The minimum absolute atomic E-state index is 0.119. The van der Waals surface area contributed by atoms with Gasteiger partial charge in [0.15, 0.2) is 5.78 Å². The molecule has 18 heavy (non-hydrogen) atoms. The lowest BCUT2D eigenvalue weighted by Crippen LogP contribution is -2.39. The molecule has 1 aliphatic rings. The van der Waals surface area contributed by atoms with Crippen molar-refractivity contribution >= 4 is 5.78 Å². The Morgan fingerprint density at radius 2 is 1.67 bits per heavy atom. The van der Waals surface area contributed by atoms with E-state index in [-0.39, 0.29) is 11.8 Å². The third kappa shape index (κ3) is 2.99. The number of rotatable bonds is 3. The Bertz CT molecular complexity index is 412. The van der Waals surface area contributed by atoms with E-state index >= 15 is 0 Å². The highest BCUT2D eigenvalue weighted by Gasteiger charge is 2.26. The Kier molecular flexibility index (Phi) is 4.18. The van der Waals surface area contributed by atoms with Crippen LogP contribution < -0.4 is 5.73 Å². The third-order valence-electron chi connectivity index (χ3n) is 3.97. The van der Waals surface area contributed by atoms with Gasteiger partial charge in [-0.1, -0.05) is 36.5 Å². The van der Waals surface area contributed by atoms with E-state index in [0.29, 0.717) is 5.92 Å². The lowest BCUT2D eigenvalue weighted by Gasteiger charge is -2.26. The van der Waals surface area contributed by atoms with Gasteiger partial charge in [-0.25, -0.2) is 0 Å². The van der Waals surface area contributed by atoms with E-state index in [4.69, 9.17) is 5.73 Å². The van der Waals surface area contributed by atoms with E-state index < -0.39 is 0 Å². The fourth-order valence-corrected chi connectivity index (χ4v) is 3.02. The summed E-state index contributed by atoms with van der Waals surface area (Å²) in [6.45, 7) is 4.05. The van der Waals surface area contributed by atoms with Crippen molar-refractivity contribution in [2.24, 2.45) is 11.7 Å². The van der Waals surface area contributed by atoms with E-state index in [2.05, 4.69) is 6.07 Å². The maximum absolute atomic E-state index is 12.4. The van der Waals surface area contributed by atoms with Crippen LogP contribution in [0.25, 0.3) is 0 Å². The zero-order valence-electron chi connectivity index (χ0n) is 11.4. The summed E-state index contributed by atoms with van der Waals surface area (Å²) in [6, 6.07) is 5.69. The quantitative estimate of drug-likeness (QED) is 0.829. The molecule has 0 spiro atoms. The lowest BCUT2D eigenvalue weighted by molar-refractivity contribution is 0.0916. The molecule has 1 saturated carbocycles. The zero-order valence-corrected chi connectivity index (χ0v) is 11.4. The molecule has 0 saturated heterocycles. The van der Waals surface area contributed by atoms with Crippen LogP contribution in [0.3, 0.4) is 0 Å². The van der Waals surface area contributed by atoms with Crippen molar-refractivity contribution in [1.82, 2.24) is 0 Å². The lowest BCUT2D eigenvalue weighted by atomic mass is 9.81. The molecular formula is C16H23NO. The van der Waals surface area contributed by atoms with Gasteiger partial charge in [0.05, 0.1) is 6.04 Å². The molecule has 0 bridgehead atoms. The van der Waals surface area contributed by atoms with Crippen molar-refractivity contribution in [3.63, 3.8) is 0 Å². The van der Waals surface area contributed by atoms with Crippen LogP contribution in [-0.2, 0) is 0 Å². The molecule has 2 heteroatoms. The van der Waals surface area contributed by atoms with Gasteiger partial charge in [-0.2, -0.15) is 0 Å². The van der Waals surface area contributed by atoms with Crippen LogP contribution in [0.2, 0.25) is 0 Å². The van der Waals surface area contributed by atoms with Crippen molar-refractivity contribution in [2.75, 3.05) is 0 Å². The van der Waals surface area contributed by atoms with Gasteiger partial charge in [0.25, 0.3) is 0 Å². The SMILES string of the molecule is Cc1cc(C)cc(C(=O)C(N)C2CCCCC2)c1. The second-order valence-electron chi connectivity index (χ2n) is 5.66. The largest absolute Gasteiger partial charge is 0.321 e. The minimum atomic E-state index is -0.313. The first-order valence-corrected chi connectivity index (χ1v) is 6.96. The van der Waals surface area contributed by atoms with Crippen LogP contribution >= 0.6 is 0 Å². The molecule has 0 aromatic heterocycles. The van der Waals surface area contributed by atoms with Gasteiger partial charge in [-0.3, -0.25) is 4.79 Å². The summed E-state index contributed by atoms with van der Waals surface area (Å²) in [5.74, 6) is 0.501. The van der Waals surface area contributed by atoms with E-state index in [1.54, 1.807) is 0 Å². The molecule has 1 fully saturated rings. The molecule has 1 unspecified atom stereocenters. The predicted octanol–water partition coefficient (Wildman–Crippen LogP) is 3.39. The average Bonchev–Trinajstić information content (AvgIpc) is 2.37. The average molecular weight is 245 g/mol. The Labute approximate surface area is 110 Å². The van der Waals surface area contributed by atoms with Gasteiger partial charge in [-0.15, -0.1) is 0 Å². The second kappa shape index (κ2) is 5.66. The summed E-state index contributed by atoms with van der Waals surface area (Å²) >= 11 is 0. The highest BCUT2D eigenvalue weighted by Crippen LogP contribution is 2.27. The minimum Gasteiger partial charge on any atom is -0.321 e. The first kappa shape index (κ1) is 13.3. The van der Waals surface area contributed by atoms with E-state index in [9.17, 15) is 4.79 Å². The highest BCUT2D eigenvalue weighted by atomic mass is 16.1. The van der Waals surface area contributed by atoms with E-state index in [1.165, 1.54) is 19.3 Å². The van der Waals surface area contributed by atoms with E-state index in [0.717, 1.165) is 29.5 Å². The summed E-state index contributed by atoms with van der Waals surface area (Å²) in [7, 11) is 0. The van der Waals surface area contributed by atoms with Crippen molar-refractivity contribution in [3.05, 3.63) is 34.9 Å². The van der Waals surface area contributed by atoms with Gasteiger partial charge < -0.3 is 5.73 Å². The van der Waals surface area contributed by atoms with Gasteiger partial charge >= 0.3 is 0 Å². The number of carbonyl (C=O) groups is 1. The molecule has 2 rings (SSSR count). The number of hydrogen-bond donors (Lipinski definition) is 1. The Hall–Kier alpha value is -1.15. The molecule has 1 aromatic rings. The highest BCUT2D eigenvalue weighted by molar-refractivity contribution is 6.00. The number of nitrogens with two attached hydrogens (primary N) is 1. The molecule has 1 atom stereocenters. The van der Waals surface area contributed by atoms with Crippen molar-refractivity contribution in [3.8, 4) is 0 Å². The first-order chi connectivity index (χ1) is 8.58. The Balaban J connectivity index is 2.14. The normalized spacial score (nSPS) is 18.6. The van der Waals surface area contributed by atoms with Crippen LogP contribution in [0.5, 0.6) is 0 Å². The Morgan fingerprint density at radius 1 is 1.11 bits per heavy atom. The molecular weight excluding hydrogens is 222 g/mol. The molecule has 0 aliphatic heterocycles. The number of benzene rings is 1. The molecule has 2 N–H and O–H groups in total. The molecule has 1 aliphatic carbocycles. The molecule has 0 radical (unpaired) electrons. The topological polar surface area (TPSA) is 43.1 Å². The molecule has 0 amide bonds. The van der Waals surface area contributed by atoms with Crippen molar-refractivity contribution < 1.29 is 4.79 Å². The number of carbonyl (C=O) groups excluding carboxylic acids is 1. The third-order valence-corrected chi connectivity index (χ3v) is 3.97. The van der Waals surface area contributed by atoms with Gasteiger partial charge in [0.2, 0.25) is 0 Å². The van der Waals surface area contributed by atoms with Gasteiger partial charge in [0, 0.05) is 5.56 Å². The van der Waals surface area contributed by atoms with Gasteiger partial charge in [0.1, 0.15) is 0 Å². The summed E-state index contributed by atoms with van der Waals surface area (Å²) in [4.78, 5) is 12.4. The molecule has 2 nitrogen and oxygen atoms in total. The summed E-state index contributed by atoms with van der Waals surface area (Å²) in [5, 5.41) is 0. The number of hydrogen-bond acceptors (Lipinski definition) is 2. The Morgan fingerprint density at radius 3 is 2.22 bits per heavy atom. The maximum Gasteiger partial charge on any atom is 0.179 e. The summed E-state index contributed by atoms with van der Waals surface area (Å²) in [6.07, 6.45) is 5.95. The first-order valence-electron chi connectivity index (χ1n) is 6.96. The van der Waals surface area contributed by atoms with Crippen LogP contribution in [-0.4, -0.2) is 11.8 Å². The zero-order chi connectivity index (χ0) is 13.1. The van der Waals surface area contributed by atoms with Crippen LogP contribution in [0.1, 0.15) is 53.6 Å². The summed E-state index contributed by atoms with van der Waals surface area (Å²) in [5.41, 5.74) is 9.22. The summed E-state index contributed by atoms with van der Waals surface area (Å²) < 4.78 is 0. The second-order valence-corrected chi connectivity index (χ2v) is 5.66. The monoisotopic (exact) mass is 245 g/mol. The maximum atomic E-state index is 12.4. The standard InChI is InChI=1S/C16H23NO/c1-11-8-12(2)10-14(9-11)16(18)15(17)13-6-4-3-5-7-13/h8-10,13,15H,3-7,17H2,1-2H3. The van der Waals surface area contributed by atoms with Gasteiger partial charge in [-0.05, 0) is 44.7 Å². The van der Waals surface area contributed by atoms with Crippen LogP contribution in [0.15, 0.2) is 18.2 Å². The molecule has 0 heterocycles. The predicted molar refractivity (Wildman–Crippen MR) is 74.8 cm³/mol. The molecule has 98 valence electrons. The van der Waals surface area contributed by atoms with Crippen molar-refractivity contribution in [2.45, 2.75) is 52.0 Å². The van der Waals surface area contributed by atoms with Crippen molar-refractivity contribution in [1.29, 1.82) is 0 Å². The van der Waals surface area contributed by atoms with E-state index in [1.807, 2.05) is 26.0 Å². The smallest absolute Gasteiger partial charge is 0.179 e. The van der Waals surface area contributed by atoms with Crippen LogP contribution in [0, 0.1) is 19.8 Å². The fraction of sp³-hybridized carbons (Fsp3) is 0.562. The molecule has 1 aromatic carbocycles. The number of ketones is 1. The fourth-order valence-electron chi connectivity index (χ4n) is 3.02. The number of Topliss-reactive ketones (excluding diaryl/α,β-unsaturated/α-hetero) is 1. The number of aryl methyl sites for hydroxylation is 2. The van der Waals surface area contributed by atoms with Crippen LogP contribution in [0.4, 0.5) is 0 Å².